The summed E-state index contributed by atoms with van der Waals surface area (Å²) in [4.78, 5) is 3.88. The molecule has 1 heterocycles. The van der Waals surface area contributed by atoms with Gasteiger partial charge in [0.1, 0.15) is 0 Å². The number of hydrogen-bond acceptors (Lipinski definition) is 4. The van der Waals surface area contributed by atoms with Crippen LogP contribution in [0.4, 0.5) is 26.3 Å². The molecule has 0 spiro atoms. The zero-order valence-corrected chi connectivity index (χ0v) is 12.0. The van der Waals surface area contributed by atoms with Crippen LogP contribution in [-0.4, -0.2) is 10.1 Å². The molecule has 1 aromatic heterocycles. The molecule has 1 fully saturated rings. The lowest BCUT2D eigenvalue weighted by molar-refractivity contribution is -0.143. The fraction of sp³-hybridized carbons (Fsp3) is 0.429. The second-order valence-electron chi connectivity index (χ2n) is 5.73. The summed E-state index contributed by atoms with van der Waals surface area (Å²) in [6, 6.07) is 1.12. The predicted molar refractivity (Wildman–Crippen MR) is 69.5 cm³/mol. The maximum absolute atomic E-state index is 12.9. The van der Waals surface area contributed by atoms with Gasteiger partial charge in [0, 0.05) is 5.56 Å². The zero-order chi connectivity index (χ0) is 17.8. The quantitative estimate of drug-likeness (QED) is 0.827. The molecule has 1 saturated carbocycles. The molecule has 2 N–H and O–H groups in total. The SMILES string of the molecule is NC1(c2noc(-c3cc(C(F)(F)F)cc(C(F)(F)F)c3)n2)CCC1. The fourth-order valence-corrected chi connectivity index (χ4v) is 2.40. The molecule has 2 aromatic rings. The van der Waals surface area contributed by atoms with E-state index >= 15 is 0 Å². The van der Waals surface area contributed by atoms with E-state index in [1.54, 1.807) is 0 Å². The molecular weight excluding hydrogens is 340 g/mol. The predicted octanol–water partition coefficient (Wildman–Crippen LogP) is 4.11. The van der Waals surface area contributed by atoms with Crippen molar-refractivity contribution in [3.05, 3.63) is 35.2 Å². The lowest BCUT2D eigenvalue weighted by atomic mass is 9.77. The van der Waals surface area contributed by atoms with Gasteiger partial charge >= 0.3 is 12.4 Å². The van der Waals surface area contributed by atoms with Crippen LogP contribution in [0, 0.1) is 0 Å². The van der Waals surface area contributed by atoms with Gasteiger partial charge in [-0.2, -0.15) is 31.3 Å². The van der Waals surface area contributed by atoms with Crippen molar-refractivity contribution in [2.75, 3.05) is 0 Å². The summed E-state index contributed by atoms with van der Waals surface area (Å²) in [5.74, 6) is -0.354. The van der Waals surface area contributed by atoms with Crippen LogP contribution in [0.25, 0.3) is 11.5 Å². The van der Waals surface area contributed by atoms with Crippen LogP contribution in [0.2, 0.25) is 0 Å². The van der Waals surface area contributed by atoms with Gasteiger partial charge in [0.25, 0.3) is 5.89 Å². The molecule has 0 amide bonds. The Balaban J connectivity index is 2.07. The molecule has 24 heavy (non-hydrogen) atoms. The van der Waals surface area contributed by atoms with Crippen LogP contribution in [0.3, 0.4) is 0 Å². The van der Waals surface area contributed by atoms with Gasteiger partial charge in [0.15, 0.2) is 5.82 Å². The first kappa shape index (κ1) is 16.7. The maximum atomic E-state index is 12.9. The van der Waals surface area contributed by atoms with E-state index in [0.717, 1.165) is 6.42 Å². The smallest absolute Gasteiger partial charge is 0.334 e. The van der Waals surface area contributed by atoms with E-state index in [9.17, 15) is 26.3 Å². The van der Waals surface area contributed by atoms with Crippen molar-refractivity contribution in [3.63, 3.8) is 0 Å². The molecule has 4 nitrogen and oxygen atoms in total. The standard InChI is InChI=1S/C14H11F6N3O/c15-13(16,17)8-4-7(5-9(6-8)14(18,19)20)10-22-11(23-24-10)12(21)2-1-3-12/h4-6H,1-3,21H2. The average Bonchev–Trinajstić information content (AvgIpc) is 2.92. The molecule has 0 radical (unpaired) electrons. The minimum absolute atomic E-state index is 0.0388. The highest BCUT2D eigenvalue weighted by molar-refractivity contribution is 5.57. The van der Waals surface area contributed by atoms with Crippen molar-refractivity contribution in [3.8, 4) is 11.5 Å². The lowest BCUT2D eigenvalue weighted by Crippen LogP contribution is -2.44. The Morgan fingerprint density at radius 1 is 0.958 bits per heavy atom. The maximum Gasteiger partial charge on any atom is 0.416 e. The first-order valence-corrected chi connectivity index (χ1v) is 6.92. The molecule has 1 aromatic carbocycles. The molecule has 0 aliphatic heterocycles. The number of alkyl halides is 6. The zero-order valence-electron chi connectivity index (χ0n) is 12.0. The minimum Gasteiger partial charge on any atom is -0.334 e. The van der Waals surface area contributed by atoms with Gasteiger partial charge < -0.3 is 10.3 Å². The summed E-state index contributed by atoms with van der Waals surface area (Å²) in [6.07, 6.45) is -7.91. The Bertz CT molecular complexity index is 728. The summed E-state index contributed by atoms with van der Waals surface area (Å²) in [7, 11) is 0. The van der Waals surface area contributed by atoms with Gasteiger partial charge in [-0.3, -0.25) is 0 Å². The second-order valence-corrected chi connectivity index (χ2v) is 5.73. The van der Waals surface area contributed by atoms with Gasteiger partial charge in [-0.25, -0.2) is 0 Å². The van der Waals surface area contributed by atoms with Crippen LogP contribution in [0.5, 0.6) is 0 Å². The molecule has 0 atom stereocenters. The molecule has 0 unspecified atom stereocenters. The van der Waals surface area contributed by atoms with Gasteiger partial charge in [-0.05, 0) is 37.5 Å². The van der Waals surface area contributed by atoms with Gasteiger partial charge in [0.05, 0.1) is 16.7 Å². The molecule has 130 valence electrons. The highest BCUT2D eigenvalue weighted by Crippen LogP contribution is 2.40. The van der Waals surface area contributed by atoms with Crippen LogP contribution in [-0.2, 0) is 17.9 Å². The van der Waals surface area contributed by atoms with E-state index in [0.29, 0.717) is 25.0 Å². The van der Waals surface area contributed by atoms with E-state index in [1.807, 2.05) is 0 Å². The average molecular weight is 351 g/mol. The summed E-state index contributed by atoms with van der Waals surface area (Å²) < 4.78 is 82.0. The first-order valence-electron chi connectivity index (χ1n) is 6.92. The van der Waals surface area contributed by atoms with E-state index in [2.05, 4.69) is 10.1 Å². The Morgan fingerprint density at radius 3 is 1.92 bits per heavy atom. The summed E-state index contributed by atoms with van der Waals surface area (Å²) >= 11 is 0. The van der Waals surface area contributed by atoms with Crippen molar-refractivity contribution in [2.45, 2.75) is 37.2 Å². The molecular formula is C14H11F6N3O. The van der Waals surface area contributed by atoms with Gasteiger partial charge in [-0.15, -0.1) is 0 Å². The van der Waals surface area contributed by atoms with Gasteiger partial charge in [0.2, 0.25) is 0 Å². The Kier molecular flexibility index (Phi) is 3.63. The Hall–Kier alpha value is -2.10. The van der Waals surface area contributed by atoms with Crippen molar-refractivity contribution < 1.29 is 30.9 Å². The molecule has 1 aliphatic carbocycles. The Morgan fingerprint density at radius 2 is 1.50 bits per heavy atom. The van der Waals surface area contributed by atoms with Gasteiger partial charge in [-0.1, -0.05) is 5.16 Å². The third-order valence-electron chi connectivity index (χ3n) is 3.95. The molecule has 0 saturated heterocycles. The highest BCUT2D eigenvalue weighted by Gasteiger charge is 2.40. The van der Waals surface area contributed by atoms with Crippen LogP contribution in [0.1, 0.15) is 36.2 Å². The van der Waals surface area contributed by atoms with E-state index in [4.69, 9.17) is 10.3 Å². The second kappa shape index (κ2) is 5.20. The third kappa shape index (κ3) is 2.97. The number of aromatic nitrogens is 2. The van der Waals surface area contributed by atoms with Crippen molar-refractivity contribution in [1.82, 2.24) is 10.1 Å². The number of hydrogen-bond donors (Lipinski definition) is 1. The first-order chi connectivity index (χ1) is 11.0. The summed E-state index contributed by atoms with van der Waals surface area (Å²) in [6.45, 7) is 0. The van der Waals surface area contributed by atoms with E-state index < -0.39 is 40.5 Å². The fourth-order valence-electron chi connectivity index (χ4n) is 2.40. The lowest BCUT2D eigenvalue weighted by Gasteiger charge is -2.34. The molecule has 3 rings (SSSR count). The molecule has 10 heteroatoms. The molecule has 0 bridgehead atoms. The summed E-state index contributed by atoms with van der Waals surface area (Å²) in [5.41, 5.74) is 1.78. The largest absolute Gasteiger partial charge is 0.416 e. The van der Waals surface area contributed by atoms with E-state index in [1.165, 1.54) is 0 Å². The minimum atomic E-state index is -4.94. The van der Waals surface area contributed by atoms with Crippen molar-refractivity contribution >= 4 is 0 Å². The van der Waals surface area contributed by atoms with Crippen LogP contribution in [0.15, 0.2) is 22.7 Å². The topological polar surface area (TPSA) is 64.9 Å². The molecule has 1 aliphatic rings. The van der Waals surface area contributed by atoms with Crippen molar-refractivity contribution in [1.29, 1.82) is 0 Å². The third-order valence-corrected chi connectivity index (χ3v) is 3.95. The number of benzene rings is 1. The number of nitrogens with zero attached hydrogens (tertiary/aromatic N) is 2. The summed E-state index contributed by atoms with van der Waals surface area (Å²) in [5, 5.41) is 3.60. The van der Waals surface area contributed by atoms with Crippen molar-refractivity contribution in [2.24, 2.45) is 5.73 Å². The Labute approximate surface area is 131 Å². The number of rotatable bonds is 2. The normalized spacial score (nSPS) is 17.6. The highest BCUT2D eigenvalue weighted by atomic mass is 19.4. The number of nitrogens with two attached hydrogens (primary N) is 1. The van der Waals surface area contributed by atoms with E-state index in [-0.39, 0.29) is 11.9 Å². The van der Waals surface area contributed by atoms with Crippen LogP contribution < -0.4 is 5.73 Å². The van der Waals surface area contributed by atoms with Crippen LogP contribution >= 0.6 is 0 Å². The monoisotopic (exact) mass is 351 g/mol. The number of halogens is 6.